The van der Waals surface area contributed by atoms with Crippen LogP contribution in [0, 0.1) is 5.41 Å². The van der Waals surface area contributed by atoms with Crippen molar-refractivity contribution in [2.75, 3.05) is 7.11 Å². The third-order valence-electron chi connectivity index (χ3n) is 2.61. The highest BCUT2D eigenvalue weighted by Crippen LogP contribution is 2.30. The summed E-state index contributed by atoms with van der Waals surface area (Å²) in [5.41, 5.74) is -0.330. The molecule has 0 aromatic carbocycles. The molecule has 102 valence electrons. The number of carbonyl (C=O) groups is 1. The van der Waals surface area contributed by atoms with Gasteiger partial charge in [0.05, 0.1) is 6.04 Å². The smallest absolute Gasteiger partial charge is 0.372 e. The van der Waals surface area contributed by atoms with Crippen molar-refractivity contribution in [2.45, 2.75) is 39.8 Å². The maximum Gasteiger partial charge on any atom is 0.438 e. The highest BCUT2D eigenvalue weighted by molar-refractivity contribution is 5.80. The standard InChI is InChI=1S/C11H19N3O4/c1-6(17-5)9(15)12-7(11(2,3)4)8-13-10(16)18-14-8/h6-7H,1-5H3,(H,12,15)(H,13,14,16). The fraction of sp³-hybridized carbons (Fsp3) is 0.727. The Hall–Kier alpha value is -1.63. The van der Waals surface area contributed by atoms with E-state index in [0.29, 0.717) is 5.82 Å². The van der Waals surface area contributed by atoms with Gasteiger partial charge in [0.15, 0.2) is 5.82 Å². The molecule has 0 saturated heterocycles. The first-order valence-corrected chi connectivity index (χ1v) is 5.64. The van der Waals surface area contributed by atoms with Crippen molar-refractivity contribution in [3.8, 4) is 0 Å². The average Bonchev–Trinajstić information content (AvgIpc) is 2.69. The number of hydrogen-bond acceptors (Lipinski definition) is 5. The number of ether oxygens (including phenoxy) is 1. The molecule has 1 amide bonds. The first kappa shape index (κ1) is 14.4. The molecule has 0 bridgehead atoms. The summed E-state index contributed by atoms with van der Waals surface area (Å²) >= 11 is 0. The van der Waals surface area contributed by atoms with Crippen LogP contribution in [-0.4, -0.2) is 29.3 Å². The quantitative estimate of drug-likeness (QED) is 0.823. The molecular weight excluding hydrogens is 238 g/mol. The Morgan fingerprint density at radius 3 is 2.50 bits per heavy atom. The molecule has 1 rings (SSSR count). The normalized spacial score (nSPS) is 15.2. The van der Waals surface area contributed by atoms with Gasteiger partial charge >= 0.3 is 5.76 Å². The fourth-order valence-corrected chi connectivity index (χ4v) is 1.43. The van der Waals surface area contributed by atoms with E-state index >= 15 is 0 Å². The molecule has 18 heavy (non-hydrogen) atoms. The summed E-state index contributed by atoms with van der Waals surface area (Å²) < 4.78 is 9.40. The van der Waals surface area contributed by atoms with Crippen LogP contribution in [0.2, 0.25) is 0 Å². The molecule has 1 aromatic rings. The van der Waals surface area contributed by atoms with Gasteiger partial charge in [0.1, 0.15) is 6.10 Å². The van der Waals surface area contributed by atoms with Crippen molar-refractivity contribution in [3.05, 3.63) is 16.4 Å². The van der Waals surface area contributed by atoms with E-state index in [9.17, 15) is 9.59 Å². The zero-order valence-electron chi connectivity index (χ0n) is 11.2. The van der Waals surface area contributed by atoms with Gasteiger partial charge in [-0.05, 0) is 12.3 Å². The SMILES string of the molecule is COC(C)C(=O)NC(c1noc(=O)[nH]1)C(C)(C)C. The van der Waals surface area contributed by atoms with Crippen LogP contribution < -0.4 is 11.1 Å². The topological polar surface area (TPSA) is 97.2 Å². The first-order chi connectivity index (χ1) is 8.25. The van der Waals surface area contributed by atoms with Crippen LogP contribution >= 0.6 is 0 Å². The molecule has 1 aromatic heterocycles. The summed E-state index contributed by atoms with van der Waals surface area (Å²) in [5, 5.41) is 6.40. The van der Waals surface area contributed by atoms with Gasteiger partial charge in [-0.15, -0.1) is 0 Å². The average molecular weight is 257 g/mol. The maximum absolute atomic E-state index is 11.8. The lowest BCUT2D eigenvalue weighted by atomic mass is 9.86. The van der Waals surface area contributed by atoms with Gasteiger partial charge < -0.3 is 10.1 Å². The summed E-state index contributed by atoms with van der Waals surface area (Å²) in [7, 11) is 1.45. The second-order valence-electron chi connectivity index (χ2n) is 5.17. The first-order valence-electron chi connectivity index (χ1n) is 5.64. The third-order valence-corrected chi connectivity index (χ3v) is 2.61. The number of H-pyrrole nitrogens is 1. The van der Waals surface area contributed by atoms with E-state index in [1.54, 1.807) is 6.92 Å². The lowest BCUT2D eigenvalue weighted by molar-refractivity contribution is -0.131. The van der Waals surface area contributed by atoms with Gasteiger partial charge in [0, 0.05) is 7.11 Å². The molecule has 0 spiro atoms. The van der Waals surface area contributed by atoms with Gasteiger partial charge in [0.25, 0.3) is 0 Å². The molecule has 1 heterocycles. The van der Waals surface area contributed by atoms with Crippen LogP contribution in [0.5, 0.6) is 0 Å². The minimum Gasteiger partial charge on any atom is -0.372 e. The number of carbonyl (C=O) groups excluding carboxylic acids is 1. The summed E-state index contributed by atoms with van der Waals surface area (Å²) in [4.78, 5) is 25.3. The summed E-state index contributed by atoms with van der Waals surface area (Å²) in [6, 6.07) is -0.464. The molecule has 2 unspecified atom stereocenters. The Bertz CT molecular complexity index is 457. The molecule has 0 aliphatic rings. The van der Waals surface area contributed by atoms with Crippen molar-refractivity contribution in [1.29, 1.82) is 0 Å². The third kappa shape index (κ3) is 3.43. The van der Waals surface area contributed by atoms with Crippen LogP contribution in [0.3, 0.4) is 0 Å². The number of hydrogen-bond donors (Lipinski definition) is 2. The molecule has 0 saturated carbocycles. The minimum absolute atomic E-state index is 0.277. The largest absolute Gasteiger partial charge is 0.438 e. The van der Waals surface area contributed by atoms with E-state index in [0.717, 1.165) is 0 Å². The highest BCUT2D eigenvalue weighted by Gasteiger charge is 2.32. The van der Waals surface area contributed by atoms with Crippen LogP contribution in [0.15, 0.2) is 9.32 Å². The van der Waals surface area contributed by atoms with E-state index in [-0.39, 0.29) is 11.3 Å². The molecule has 7 heteroatoms. The number of rotatable bonds is 4. The lowest BCUT2D eigenvalue weighted by Gasteiger charge is -2.29. The molecule has 0 aliphatic carbocycles. The van der Waals surface area contributed by atoms with E-state index < -0.39 is 17.9 Å². The monoisotopic (exact) mass is 257 g/mol. The van der Waals surface area contributed by atoms with Crippen molar-refractivity contribution in [2.24, 2.45) is 5.41 Å². The second kappa shape index (κ2) is 5.34. The number of aromatic amines is 1. The van der Waals surface area contributed by atoms with Crippen molar-refractivity contribution < 1.29 is 14.1 Å². The molecular formula is C11H19N3O4. The Morgan fingerprint density at radius 1 is 1.50 bits per heavy atom. The maximum atomic E-state index is 11.8. The number of methoxy groups -OCH3 is 1. The zero-order valence-corrected chi connectivity index (χ0v) is 11.2. The number of nitrogens with zero attached hydrogens (tertiary/aromatic N) is 1. The highest BCUT2D eigenvalue weighted by atomic mass is 16.5. The summed E-state index contributed by atoms with van der Waals surface area (Å²) in [5.74, 6) is -0.626. The lowest BCUT2D eigenvalue weighted by Crippen LogP contribution is -2.42. The molecule has 7 nitrogen and oxygen atoms in total. The van der Waals surface area contributed by atoms with Crippen molar-refractivity contribution >= 4 is 5.91 Å². The number of aromatic nitrogens is 2. The number of nitrogens with one attached hydrogen (secondary N) is 2. The van der Waals surface area contributed by atoms with E-state index in [4.69, 9.17) is 4.74 Å². The molecule has 2 N–H and O–H groups in total. The van der Waals surface area contributed by atoms with Gasteiger partial charge in [-0.3, -0.25) is 14.3 Å². The van der Waals surface area contributed by atoms with Crippen LogP contribution in [0.25, 0.3) is 0 Å². The van der Waals surface area contributed by atoms with Gasteiger partial charge in [0.2, 0.25) is 5.91 Å². The van der Waals surface area contributed by atoms with Gasteiger partial charge in [-0.25, -0.2) is 4.79 Å². The Balaban J connectivity index is 2.94. The van der Waals surface area contributed by atoms with Crippen molar-refractivity contribution in [1.82, 2.24) is 15.5 Å². The zero-order chi connectivity index (χ0) is 13.9. The molecule has 2 atom stereocenters. The predicted molar refractivity (Wildman–Crippen MR) is 63.9 cm³/mol. The van der Waals surface area contributed by atoms with E-state index in [1.807, 2.05) is 20.8 Å². The number of amides is 1. The van der Waals surface area contributed by atoms with Crippen LogP contribution in [0.4, 0.5) is 0 Å². The minimum atomic E-state index is -0.645. The van der Waals surface area contributed by atoms with Gasteiger partial charge in [-0.1, -0.05) is 25.9 Å². The van der Waals surface area contributed by atoms with E-state index in [1.165, 1.54) is 7.11 Å². The Morgan fingerprint density at radius 2 is 2.11 bits per heavy atom. The Labute approximate surface area is 105 Å². The summed E-state index contributed by atoms with van der Waals surface area (Å²) in [6.07, 6.45) is -0.575. The van der Waals surface area contributed by atoms with Gasteiger partial charge in [-0.2, -0.15) is 0 Å². The second-order valence-corrected chi connectivity index (χ2v) is 5.17. The predicted octanol–water partition coefficient (Wildman–Crippen LogP) is 0.601. The fourth-order valence-electron chi connectivity index (χ4n) is 1.43. The Kier molecular flexibility index (Phi) is 4.28. The van der Waals surface area contributed by atoms with E-state index in [2.05, 4.69) is 20.0 Å². The van der Waals surface area contributed by atoms with Crippen molar-refractivity contribution in [3.63, 3.8) is 0 Å². The van der Waals surface area contributed by atoms with Crippen LogP contribution in [-0.2, 0) is 9.53 Å². The molecule has 0 radical (unpaired) electrons. The molecule has 0 fully saturated rings. The van der Waals surface area contributed by atoms with Crippen LogP contribution in [0.1, 0.15) is 39.6 Å². The summed E-state index contributed by atoms with van der Waals surface area (Å²) in [6.45, 7) is 7.40. The molecule has 0 aliphatic heterocycles.